The van der Waals surface area contributed by atoms with Crippen LogP contribution >= 0.6 is 11.8 Å². The first-order valence-electron chi connectivity index (χ1n) is 8.12. The Morgan fingerprint density at radius 2 is 1.84 bits per heavy atom. The predicted octanol–water partition coefficient (Wildman–Crippen LogP) is 3.37. The van der Waals surface area contributed by atoms with Crippen LogP contribution in [0.3, 0.4) is 0 Å². The van der Waals surface area contributed by atoms with Gasteiger partial charge in [-0.15, -0.1) is 0 Å². The molecule has 3 atom stereocenters. The Kier molecular flexibility index (Phi) is 5.62. The lowest BCUT2D eigenvalue weighted by molar-refractivity contribution is 0.147. The van der Waals surface area contributed by atoms with Gasteiger partial charge in [0.1, 0.15) is 0 Å². The largest absolute Gasteiger partial charge is 0.313 e. The number of nitrogens with one attached hydrogen (secondary N) is 1. The van der Waals surface area contributed by atoms with Crippen LogP contribution in [-0.4, -0.2) is 47.6 Å². The van der Waals surface area contributed by atoms with Crippen molar-refractivity contribution in [3.8, 4) is 0 Å². The third-order valence-corrected chi connectivity index (χ3v) is 5.58. The van der Waals surface area contributed by atoms with E-state index in [-0.39, 0.29) is 0 Å². The van der Waals surface area contributed by atoms with E-state index in [9.17, 15) is 0 Å². The zero-order valence-electron chi connectivity index (χ0n) is 13.2. The molecule has 1 heterocycles. The van der Waals surface area contributed by atoms with Crippen LogP contribution in [0, 0.1) is 5.41 Å². The molecule has 0 radical (unpaired) electrons. The minimum atomic E-state index is 0.457. The average Bonchev–Trinajstić information content (AvgIpc) is 3.08. The van der Waals surface area contributed by atoms with E-state index >= 15 is 0 Å². The van der Waals surface area contributed by atoms with Crippen LogP contribution in [0.2, 0.25) is 0 Å². The fourth-order valence-electron chi connectivity index (χ4n) is 3.46. The van der Waals surface area contributed by atoms with Gasteiger partial charge in [-0.2, -0.15) is 11.8 Å². The van der Waals surface area contributed by atoms with Gasteiger partial charge in [0.05, 0.1) is 0 Å². The third-order valence-electron chi connectivity index (χ3n) is 4.35. The van der Waals surface area contributed by atoms with E-state index in [2.05, 4.69) is 49.7 Å². The molecular formula is C16H32N2S. The predicted molar refractivity (Wildman–Crippen MR) is 87.0 cm³/mol. The van der Waals surface area contributed by atoms with Gasteiger partial charge in [-0.3, -0.25) is 0 Å². The Labute approximate surface area is 124 Å². The molecule has 3 unspecified atom stereocenters. The van der Waals surface area contributed by atoms with E-state index in [0.717, 1.165) is 16.5 Å². The molecule has 112 valence electrons. The summed E-state index contributed by atoms with van der Waals surface area (Å²) in [5.74, 6) is 0. The maximum absolute atomic E-state index is 3.76. The fraction of sp³-hybridized carbons (Fsp3) is 1.00. The van der Waals surface area contributed by atoms with E-state index < -0.39 is 0 Å². The van der Waals surface area contributed by atoms with Crippen LogP contribution in [0.5, 0.6) is 0 Å². The highest BCUT2D eigenvalue weighted by molar-refractivity contribution is 8.00. The molecule has 1 aliphatic heterocycles. The lowest BCUT2D eigenvalue weighted by atomic mass is 9.84. The summed E-state index contributed by atoms with van der Waals surface area (Å²) >= 11 is 2.16. The molecule has 1 aliphatic carbocycles. The summed E-state index contributed by atoms with van der Waals surface area (Å²) in [5.41, 5.74) is 0.457. The maximum atomic E-state index is 3.76. The fourth-order valence-corrected chi connectivity index (χ4v) is 4.85. The summed E-state index contributed by atoms with van der Waals surface area (Å²) in [6.45, 7) is 14.6. The smallest absolute Gasteiger partial charge is 0.0149 e. The number of hydrogen-bond donors (Lipinski definition) is 1. The SMILES string of the molecule is CCCC(C)(CNC1CC1)CN1CC(C)SC(C)C1. The summed E-state index contributed by atoms with van der Waals surface area (Å²) in [6.07, 6.45) is 5.45. The van der Waals surface area contributed by atoms with Crippen molar-refractivity contribution in [2.24, 2.45) is 5.41 Å². The Morgan fingerprint density at radius 3 is 2.37 bits per heavy atom. The molecule has 1 saturated heterocycles. The van der Waals surface area contributed by atoms with Crippen LogP contribution in [0.4, 0.5) is 0 Å². The number of nitrogens with zero attached hydrogens (tertiary/aromatic N) is 1. The summed E-state index contributed by atoms with van der Waals surface area (Å²) in [6, 6.07) is 0.839. The van der Waals surface area contributed by atoms with Gasteiger partial charge in [0.15, 0.2) is 0 Å². The number of rotatable bonds is 7. The number of thioether (sulfide) groups is 1. The number of hydrogen-bond acceptors (Lipinski definition) is 3. The molecular weight excluding hydrogens is 252 g/mol. The van der Waals surface area contributed by atoms with Crippen LogP contribution in [0.1, 0.15) is 53.4 Å². The van der Waals surface area contributed by atoms with Crippen molar-refractivity contribution in [3.05, 3.63) is 0 Å². The van der Waals surface area contributed by atoms with Crippen molar-refractivity contribution >= 4 is 11.8 Å². The Morgan fingerprint density at radius 1 is 1.21 bits per heavy atom. The van der Waals surface area contributed by atoms with E-state index in [1.807, 2.05) is 0 Å². The molecule has 3 heteroatoms. The first kappa shape index (κ1) is 15.7. The van der Waals surface area contributed by atoms with Crippen LogP contribution in [-0.2, 0) is 0 Å². The lowest BCUT2D eigenvalue weighted by Crippen LogP contribution is -2.48. The van der Waals surface area contributed by atoms with Crippen molar-refractivity contribution in [1.29, 1.82) is 0 Å². The van der Waals surface area contributed by atoms with E-state index in [1.165, 1.54) is 51.9 Å². The van der Waals surface area contributed by atoms with Gasteiger partial charge >= 0.3 is 0 Å². The topological polar surface area (TPSA) is 15.3 Å². The quantitative estimate of drug-likeness (QED) is 0.771. The van der Waals surface area contributed by atoms with Gasteiger partial charge < -0.3 is 10.2 Å². The van der Waals surface area contributed by atoms with Crippen molar-refractivity contribution in [1.82, 2.24) is 10.2 Å². The highest BCUT2D eigenvalue weighted by atomic mass is 32.2. The highest BCUT2D eigenvalue weighted by Gasteiger charge is 2.32. The standard InChI is InChI=1S/C16H32N2S/c1-5-8-16(4,11-17-15-6-7-15)12-18-9-13(2)19-14(3)10-18/h13-15,17H,5-12H2,1-4H3. The second-order valence-electron chi connectivity index (χ2n) is 7.17. The van der Waals surface area contributed by atoms with Gasteiger partial charge in [-0.25, -0.2) is 0 Å². The molecule has 19 heavy (non-hydrogen) atoms. The summed E-state index contributed by atoms with van der Waals surface area (Å²) in [5, 5.41) is 5.36. The molecule has 0 bridgehead atoms. The second-order valence-corrected chi connectivity index (χ2v) is 9.05. The van der Waals surface area contributed by atoms with Crippen molar-refractivity contribution in [3.63, 3.8) is 0 Å². The monoisotopic (exact) mass is 284 g/mol. The summed E-state index contributed by atoms with van der Waals surface area (Å²) < 4.78 is 0. The molecule has 0 aromatic carbocycles. The molecule has 0 aromatic rings. The first-order valence-corrected chi connectivity index (χ1v) is 9.06. The molecule has 0 aromatic heterocycles. The minimum Gasteiger partial charge on any atom is -0.313 e. The molecule has 1 saturated carbocycles. The highest BCUT2D eigenvalue weighted by Crippen LogP contribution is 2.31. The van der Waals surface area contributed by atoms with Crippen LogP contribution in [0.25, 0.3) is 0 Å². The van der Waals surface area contributed by atoms with Gasteiger partial charge in [-0.05, 0) is 24.7 Å². The Hall–Kier alpha value is 0.270. The molecule has 2 aliphatic rings. The molecule has 0 amide bonds. The molecule has 1 N–H and O–H groups in total. The van der Waals surface area contributed by atoms with Crippen molar-refractivity contribution in [2.45, 2.75) is 69.9 Å². The third kappa shape index (κ3) is 5.28. The normalized spacial score (nSPS) is 32.2. The van der Waals surface area contributed by atoms with Crippen LogP contribution < -0.4 is 5.32 Å². The zero-order chi connectivity index (χ0) is 13.9. The second kappa shape index (κ2) is 6.82. The molecule has 0 spiro atoms. The zero-order valence-corrected chi connectivity index (χ0v) is 14.1. The first-order chi connectivity index (χ1) is 9.00. The van der Waals surface area contributed by atoms with E-state index in [1.54, 1.807) is 0 Å². The van der Waals surface area contributed by atoms with Crippen LogP contribution in [0.15, 0.2) is 0 Å². The van der Waals surface area contributed by atoms with E-state index in [0.29, 0.717) is 5.41 Å². The summed E-state index contributed by atoms with van der Waals surface area (Å²) in [4.78, 5) is 2.72. The lowest BCUT2D eigenvalue weighted by Gasteiger charge is -2.41. The summed E-state index contributed by atoms with van der Waals surface area (Å²) in [7, 11) is 0. The minimum absolute atomic E-state index is 0.457. The maximum Gasteiger partial charge on any atom is 0.0149 e. The van der Waals surface area contributed by atoms with E-state index in [4.69, 9.17) is 0 Å². The van der Waals surface area contributed by atoms with Gasteiger partial charge in [0.25, 0.3) is 0 Å². The molecule has 2 nitrogen and oxygen atoms in total. The molecule has 2 rings (SSSR count). The Bertz CT molecular complexity index is 270. The molecule has 2 fully saturated rings. The van der Waals surface area contributed by atoms with Gasteiger partial charge in [0.2, 0.25) is 0 Å². The van der Waals surface area contributed by atoms with Gasteiger partial charge in [-0.1, -0.05) is 34.1 Å². The average molecular weight is 285 g/mol. The Balaban J connectivity index is 1.86. The van der Waals surface area contributed by atoms with Gasteiger partial charge in [0, 0.05) is 42.7 Å². The van der Waals surface area contributed by atoms with Crippen molar-refractivity contribution in [2.75, 3.05) is 26.2 Å². The van der Waals surface area contributed by atoms with Crippen molar-refractivity contribution < 1.29 is 0 Å².